The lowest BCUT2D eigenvalue weighted by molar-refractivity contribution is -0.139. The van der Waals surface area contributed by atoms with Gasteiger partial charge in [0.2, 0.25) is 0 Å². The Morgan fingerprint density at radius 2 is 1.97 bits per heavy atom. The van der Waals surface area contributed by atoms with Gasteiger partial charge in [-0.3, -0.25) is 10.1 Å². The van der Waals surface area contributed by atoms with Crippen molar-refractivity contribution in [2.45, 2.75) is 25.0 Å². The highest BCUT2D eigenvalue weighted by molar-refractivity contribution is 5.87. The van der Waals surface area contributed by atoms with Crippen LogP contribution in [0.5, 0.6) is 5.75 Å². The monoisotopic (exact) mass is 453 g/mol. The van der Waals surface area contributed by atoms with E-state index < -0.39 is 12.0 Å². The molecule has 2 atom stereocenters. The van der Waals surface area contributed by atoms with E-state index in [0.29, 0.717) is 13.0 Å². The lowest BCUT2D eigenvalue weighted by Gasteiger charge is -2.30. The summed E-state index contributed by atoms with van der Waals surface area (Å²) in [5, 5.41) is 22.8. The van der Waals surface area contributed by atoms with Crippen LogP contribution >= 0.6 is 0 Å². The first-order valence-corrected chi connectivity index (χ1v) is 11.2. The highest BCUT2D eigenvalue weighted by atomic mass is 16.5. The van der Waals surface area contributed by atoms with Crippen molar-refractivity contribution in [2.75, 3.05) is 7.11 Å². The van der Waals surface area contributed by atoms with Crippen LogP contribution in [0.25, 0.3) is 21.9 Å². The van der Waals surface area contributed by atoms with Gasteiger partial charge < -0.3 is 14.8 Å². The molecule has 3 aromatic carbocycles. The quantitative estimate of drug-likeness (QED) is 0.375. The minimum absolute atomic E-state index is 0.297. The van der Waals surface area contributed by atoms with Crippen molar-refractivity contribution in [1.29, 1.82) is 0 Å². The molecule has 8 heteroatoms. The summed E-state index contributed by atoms with van der Waals surface area (Å²) in [6.07, 6.45) is 0.430. The molecule has 170 valence electrons. The van der Waals surface area contributed by atoms with Crippen LogP contribution in [0.4, 0.5) is 0 Å². The third-order valence-electron chi connectivity index (χ3n) is 6.59. The first-order chi connectivity index (χ1) is 16.6. The molecule has 0 bridgehead atoms. The summed E-state index contributed by atoms with van der Waals surface area (Å²) in [4.78, 5) is 15.5. The molecule has 0 amide bonds. The van der Waals surface area contributed by atoms with Crippen LogP contribution in [-0.2, 0) is 17.8 Å². The Balaban J connectivity index is 1.45. The lowest BCUT2D eigenvalue weighted by atomic mass is 9.89. The smallest absolute Gasteiger partial charge is 0.321 e. The molecule has 5 aromatic rings. The molecule has 6 rings (SSSR count). The Morgan fingerprint density at radius 1 is 1.15 bits per heavy atom. The van der Waals surface area contributed by atoms with Crippen LogP contribution in [0.15, 0.2) is 66.7 Å². The number of hydrogen-bond acceptors (Lipinski definition) is 5. The molecule has 1 aliphatic heterocycles. The number of methoxy groups -OCH3 is 1. The van der Waals surface area contributed by atoms with Crippen LogP contribution in [0.1, 0.15) is 28.4 Å². The van der Waals surface area contributed by atoms with Gasteiger partial charge in [0.25, 0.3) is 0 Å². The minimum Gasteiger partial charge on any atom is -0.496 e. The zero-order chi connectivity index (χ0) is 23.2. The summed E-state index contributed by atoms with van der Waals surface area (Å²) in [7, 11) is 1.65. The molecule has 2 aromatic heterocycles. The van der Waals surface area contributed by atoms with Gasteiger partial charge in [0.05, 0.1) is 25.2 Å². The topological polar surface area (TPSA) is 105 Å². The summed E-state index contributed by atoms with van der Waals surface area (Å²) in [5.41, 5.74) is 6.72. The second-order valence-corrected chi connectivity index (χ2v) is 8.56. The molecule has 0 fully saturated rings. The predicted octanol–water partition coefficient (Wildman–Crippen LogP) is 3.66. The molecule has 0 aliphatic carbocycles. The maximum atomic E-state index is 12.0. The molecule has 3 N–H and O–H groups in total. The first kappa shape index (κ1) is 20.4. The summed E-state index contributed by atoms with van der Waals surface area (Å²) in [5.74, 6) is -0.116. The van der Waals surface area contributed by atoms with E-state index in [0.717, 1.165) is 50.1 Å². The number of carbonyl (C=O) groups is 1. The lowest BCUT2D eigenvalue weighted by Crippen LogP contribution is -2.45. The van der Waals surface area contributed by atoms with Crippen molar-refractivity contribution in [1.82, 2.24) is 25.3 Å². The van der Waals surface area contributed by atoms with Crippen molar-refractivity contribution in [3.05, 3.63) is 89.1 Å². The number of nitrogens with zero attached hydrogens (tertiary/aromatic N) is 3. The molecule has 0 saturated heterocycles. The van der Waals surface area contributed by atoms with Gasteiger partial charge in [0.1, 0.15) is 17.3 Å². The number of aliphatic carboxylic acids is 1. The van der Waals surface area contributed by atoms with E-state index in [1.807, 2.05) is 65.3 Å². The van der Waals surface area contributed by atoms with Crippen LogP contribution < -0.4 is 10.1 Å². The summed E-state index contributed by atoms with van der Waals surface area (Å²) in [6, 6.07) is 20.9. The molecule has 0 saturated carbocycles. The van der Waals surface area contributed by atoms with Crippen LogP contribution in [-0.4, -0.2) is 44.2 Å². The van der Waals surface area contributed by atoms with Gasteiger partial charge in [-0.2, -0.15) is 0 Å². The molecule has 1 aliphatic rings. The average Bonchev–Trinajstić information content (AvgIpc) is 3.45. The second kappa shape index (κ2) is 8.00. The number of carboxylic acid groups (broad SMARTS) is 1. The van der Waals surface area contributed by atoms with Gasteiger partial charge >= 0.3 is 5.97 Å². The number of H-pyrrole nitrogens is 1. The Morgan fingerprint density at radius 3 is 2.82 bits per heavy atom. The maximum Gasteiger partial charge on any atom is 0.321 e. The van der Waals surface area contributed by atoms with E-state index in [9.17, 15) is 9.90 Å². The van der Waals surface area contributed by atoms with E-state index >= 15 is 0 Å². The highest BCUT2D eigenvalue weighted by Gasteiger charge is 2.34. The van der Waals surface area contributed by atoms with Gasteiger partial charge in [0.15, 0.2) is 0 Å². The van der Waals surface area contributed by atoms with Crippen molar-refractivity contribution in [3.8, 4) is 5.75 Å². The van der Waals surface area contributed by atoms with Crippen molar-refractivity contribution in [3.63, 3.8) is 0 Å². The zero-order valence-electron chi connectivity index (χ0n) is 18.5. The number of aromatic amines is 1. The number of benzene rings is 3. The third kappa shape index (κ3) is 3.31. The van der Waals surface area contributed by atoms with Gasteiger partial charge in [0, 0.05) is 28.6 Å². The molecular weight excluding hydrogens is 430 g/mol. The number of rotatable bonds is 5. The normalized spacial score (nSPS) is 17.7. The van der Waals surface area contributed by atoms with Crippen LogP contribution in [0, 0.1) is 0 Å². The number of hydrogen-bond donors (Lipinski definition) is 3. The van der Waals surface area contributed by atoms with Gasteiger partial charge in [-0.25, -0.2) is 4.68 Å². The largest absolute Gasteiger partial charge is 0.496 e. The van der Waals surface area contributed by atoms with Crippen LogP contribution in [0.2, 0.25) is 0 Å². The van der Waals surface area contributed by atoms with E-state index in [1.165, 1.54) is 0 Å². The fourth-order valence-corrected chi connectivity index (χ4v) is 4.95. The Labute approximate surface area is 195 Å². The molecular formula is C26H23N5O3. The number of fused-ring (bicyclic) bond motifs is 4. The van der Waals surface area contributed by atoms with E-state index in [4.69, 9.17) is 4.74 Å². The maximum absolute atomic E-state index is 12.0. The summed E-state index contributed by atoms with van der Waals surface area (Å²) < 4.78 is 7.49. The van der Waals surface area contributed by atoms with Gasteiger partial charge in [-0.1, -0.05) is 41.6 Å². The molecule has 0 radical (unpaired) electrons. The number of aromatic nitrogens is 4. The van der Waals surface area contributed by atoms with E-state index in [1.54, 1.807) is 7.11 Å². The first-order valence-electron chi connectivity index (χ1n) is 11.2. The molecule has 3 heterocycles. The van der Waals surface area contributed by atoms with E-state index in [2.05, 4.69) is 26.7 Å². The molecule has 0 spiro atoms. The minimum atomic E-state index is -0.858. The standard InChI is InChI=1S/C26H23N5O3/c1-34-23-11-10-15(12-16(23)14-31-22-9-5-4-8-20(22)29-30-31)24-25-18(13-21(28-24)26(32)33)17-6-2-3-7-19(17)27-25/h2-12,21,24,27-28H,13-14H2,1H3,(H,32,33)/t21-,24-/m1/s1. The molecule has 34 heavy (non-hydrogen) atoms. The predicted molar refractivity (Wildman–Crippen MR) is 128 cm³/mol. The highest BCUT2D eigenvalue weighted by Crippen LogP contribution is 2.36. The fraction of sp³-hybridized carbons (Fsp3) is 0.192. The number of carboxylic acids is 1. The fourth-order valence-electron chi connectivity index (χ4n) is 4.95. The second-order valence-electron chi connectivity index (χ2n) is 8.56. The third-order valence-corrected chi connectivity index (χ3v) is 6.59. The van der Waals surface area contributed by atoms with Gasteiger partial charge in [-0.05, 0) is 41.5 Å². The van der Waals surface area contributed by atoms with Crippen molar-refractivity contribution >= 4 is 27.9 Å². The Kier molecular flexibility index (Phi) is 4.81. The molecule has 0 unspecified atom stereocenters. The van der Waals surface area contributed by atoms with Crippen molar-refractivity contribution < 1.29 is 14.6 Å². The zero-order valence-corrected chi connectivity index (χ0v) is 18.5. The van der Waals surface area contributed by atoms with Crippen LogP contribution in [0.3, 0.4) is 0 Å². The number of nitrogens with one attached hydrogen (secondary N) is 2. The van der Waals surface area contributed by atoms with Gasteiger partial charge in [-0.15, -0.1) is 5.10 Å². The summed E-state index contributed by atoms with van der Waals surface area (Å²) >= 11 is 0. The number of para-hydroxylation sites is 2. The number of ether oxygens (including phenoxy) is 1. The molecule has 8 nitrogen and oxygen atoms in total. The SMILES string of the molecule is COc1ccc([C@H]2N[C@@H](C(=O)O)Cc3c2[nH]c2ccccc32)cc1Cn1nnc2ccccc21. The van der Waals surface area contributed by atoms with Crippen molar-refractivity contribution in [2.24, 2.45) is 0 Å². The van der Waals surface area contributed by atoms with E-state index in [-0.39, 0.29) is 6.04 Å². The average molecular weight is 454 g/mol. The Bertz CT molecular complexity index is 1540. The summed E-state index contributed by atoms with van der Waals surface area (Å²) in [6.45, 7) is 0.478. The Hall–Kier alpha value is -4.17.